The average Bonchev–Trinajstić information content (AvgIpc) is 3.03. The molecule has 1 aromatic heterocycles. The number of rotatable bonds is 6. The molecule has 3 rings (SSSR count). The van der Waals surface area contributed by atoms with Crippen molar-refractivity contribution in [2.45, 2.75) is 72.8 Å². The molecule has 1 saturated carbocycles. The van der Waals surface area contributed by atoms with E-state index in [2.05, 4.69) is 26.0 Å². The number of ether oxygens (including phenoxy) is 1. The van der Waals surface area contributed by atoms with Crippen LogP contribution in [0.2, 0.25) is 0 Å². The fourth-order valence-electron chi connectivity index (χ4n) is 4.20. The van der Waals surface area contributed by atoms with Crippen molar-refractivity contribution in [2.24, 2.45) is 11.8 Å². The second-order valence-corrected chi connectivity index (χ2v) is 9.00. The zero-order valence-electron chi connectivity index (χ0n) is 19.4. The van der Waals surface area contributed by atoms with Gasteiger partial charge in [-0.2, -0.15) is 0 Å². The summed E-state index contributed by atoms with van der Waals surface area (Å²) in [6, 6.07) is -0.121. The van der Waals surface area contributed by atoms with E-state index in [-0.39, 0.29) is 24.5 Å². The van der Waals surface area contributed by atoms with Gasteiger partial charge in [0.25, 0.3) is 0 Å². The van der Waals surface area contributed by atoms with Crippen LogP contribution in [0.15, 0.2) is 36.1 Å². The summed E-state index contributed by atoms with van der Waals surface area (Å²) >= 11 is 0. The molecule has 0 aromatic carbocycles. The minimum atomic E-state index is -0.454. The van der Waals surface area contributed by atoms with Crippen molar-refractivity contribution < 1.29 is 14.3 Å². The number of hydrogen-bond donors (Lipinski definition) is 0. The summed E-state index contributed by atoms with van der Waals surface area (Å²) in [5, 5.41) is 4.73. The summed E-state index contributed by atoms with van der Waals surface area (Å²) in [6.45, 7) is 10.3. The van der Waals surface area contributed by atoms with Gasteiger partial charge in [-0.3, -0.25) is 9.69 Å². The quantitative estimate of drug-likeness (QED) is 0.575. The smallest absolute Gasteiger partial charge is 0.343 e. The highest BCUT2D eigenvalue weighted by atomic mass is 16.5. The zero-order valence-corrected chi connectivity index (χ0v) is 19.4. The van der Waals surface area contributed by atoms with Gasteiger partial charge in [0.05, 0.1) is 12.3 Å². The summed E-state index contributed by atoms with van der Waals surface area (Å²) in [6.07, 6.45) is 14.5. The van der Waals surface area contributed by atoms with Crippen molar-refractivity contribution in [1.29, 1.82) is 0 Å². The Morgan fingerprint density at radius 3 is 2.58 bits per heavy atom. The van der Waals surface area contributed by atoms with E-state index in [0.29, 0.717) is 17.3 Å². The minimum absolute atomic E-state index is 0.0265. The van der Waals surface area contributed by atoms with Crippen LogP contribution in [0.5, 0.6) is 0 Å². The summed E-state index contributed by atoms with van der Waals surface area (Å²) in [5.41, 5.74) is 2.42. The maximum Gasteiger partial charge on any atom is 0.343 e. The Morgan fingerprint density at radius 1 is 1.23 bits per heavy atom. The van der Waals surface area contributed by atoms with Crippen LogP contribution < -0.4 is 4.90 Å². The van der Waals surface area contributed by atoms with Gasteiger partial charge < -0.3 is 4.74 Å². The molecule has 0 aliphatic heterocycles. The van der Waals surface area contributed by atoms with Gasteiger partial charge in [0.15, 0.2) is 5.82 Å². The second kappa shape index (κ2) is 10.1. The number of carbonyl (C=O) groups is 2. The standard InChI is InChI=1S/C25H35N3O3/c1-6-31-25(30)22-16-27(21-9-7-8-18(4)12-15-21)26-23(22)28(17(2)3)24(29)20-13-10-19(5)11-14-20/h7,9,12,15-17,19-20H,6,8,10-11,13-14H2,1-5H3. The van der Waals surface area contributed by atoms with Gasteiger partial charge >= 0.3 is 5.97 Å². The molecule has 2 aliphatic rings. The number of anilines is 1. The Kier molecular flexibility index (Phi) is 7.52. The average molecular weight is 426 g/mol. The van der Waals surface area contributed by atoms with E-state index in [9.17, 15) is 9.59 Å². The van der Waals surface area contributed by atoms with E-state index in [1.165, 1.54) is 5.57 Å². The number of hydrogen-bond acceptors (Lipinski definition) is 4. The normalized spacial score (nSPS) is 21.4. The van der Waals surface area contributed by atoms with Crippen molar-refractivity contribution in [1.82, 2.24) is 9.78 Å². The van der Waals surface area contributed by atoms with Gasteiger partial charge in [-0.1, -0.05) is 24.6 Å². The van der Waals surface area contributed by atoms with E-state index in [1.807, 2.05) is 26.0 Å². The van der Waals surface area contributed by atoms with E-state index >= 15 is 0 Å². The molecule has 0 atom stereocenters. The maximum atomic E-state index is 13.5. The molecule has 31 heavy (non-hydrogen) atoms. The Morgan fingerprint density at radius 2 is 1.94 bits per heavy atom. The topological polar surface area (TPSA) is 64.4 Å². The van der Waals surface area contributed by atoms with Crippen LogP contribution in [0, 0.1) is 11.8 Å². The largest absolute Gasteiger partial charge is 0.462 e. The molecule has 0 saturated heterocycles. The second-order valence-electron chi connectivity index (χ2n) is 9.00. The number of aromatic nitrogens is 2. The summed E-state index contributed by atoms with van der Waals surface area (Å²) < 4.78 is 6.98. The Labute approximate surface area is 185 Å². The zero-order chi connectivity index (χ0) is 22.5. The monoisotopic (exact) mass is 425 g/mol. The van der Waals surface area contributed by atoms with Crippen LogP contribution in [-0.2, 0) is 9.53 Å². The van der Waals surface area contributed by atoms with Crippen LogP contribution >= 0.6 is 0 Å². The predicted octanol–water partition coefficient (Wildman–Crippen LogP) is 5.37. The Bertz CT molecular complexity index is 899. The predicted molar refractivity (Wildman–Crippen MR) is 124 cm³/mol. The van der Waals surface area contributed by atoms with Gasteiger partial charge in [0.1, 0.15) is 5.56 Å². The first-order valence-electron chi connectivity index (χ1n) is 11.5. The molecule has 2 aliphatic carbocycles. The lowest BCUT2D eigenvalue weighted by Crippen LogP contribution is -2.43. The van der Waals surface area contributed by atoms with E-state index < -0.39 is 5.97 Å². The van der Waals surface area contributed by atoms with Crippen molar-refractivity contribution in [3.63, 3.8) is 0 Å². The van der Waals surface area contributed by atoms with Crippen LogP contribution in [-0.4, -0.2) is 34.3 Å². The first kappa shape index (κ1) is 23.0. The first-order valence-corrected chi connectivity index (χ1v) is 11.5. The van der Waals surface area contributed by atoms with Crippen LogP contribution in [0.4, 0.5) is 5.82 Å². The molecule has 1 amide bonds. The SMILES string of the molecule is CCOC(=O)c1cn(C2=CC=C(C)CC=C2)nc1N(C(=O)C1CCC(C)CC1)C(C)C. The Balaban J connectivity index is 2.02. The fraction of sp³-hybridized carbons (Fsp3) is 0.560. The number of nitrogens with zero attached hydrogens (tertiary/aromatic N) is 3. The molecule has 0 unspecified atom stereocenters. The number of esters is 1. The van der Waals surface area contributed by atoms with Crippen molar-refractivity contribution in [3.8, 4) is 0 Å². The van der Waals surface area contributed by atoms with Crippen molar-refractivity contribution in [2.75, 3.05) is 11.5 Å². The highest BCUT2D eigenvalue weighted by molar-refractivity contribution is 6.02. The molecule has 0 spiro atoms. The van der Waals surface area contributed by atoms with Gasteiger partial charge in [-0.25, -0.2) is 9.48 Å². The summed E-state index contributed by atoms with van der Waals surface area (Å²) in [5.74, 6) is 0.622. The lowest BCUT2D eigenvalue weighted by atomic mass is 9.82. The molecular formula is C25H35N3O3. The summed E-state index contributed by atoms with van der Waals surface area (Å²) in [4.78, 5) is 28.0. The fourth-order valence-corrected chi connectivity index (χ4v) is 4.20. The molecular weight excluding hydrogens is 390 g/mol. The lowest BCUT2D eigenvalue weighted by Gasteiger charge is -2.32. The molecule has 0 bridgehead atoms. The molecule has 6 heteroatoms. The molecule has 0 N–H and O–H groups in total. The molecule has 1 aromatic rings. The minimum Gasteiger partial charge on any atom is -0.462 e. The van der Waals surface area contributed by atoms with Crippen LogP contribution in [0.1, 0.15) is 77.1 Å². The van der Waals surface area contributed by atoms with E-state index in [4.69, 9.17) is 9.84 Å². The van der Waals surface area contributed by atoms with Crippen molar-refractivity contribution >= 4 is 23.4 Å². The summed E-state index contributed by atoms with van der Waals surface area (Å²) in [7, 11) is 0. The molecule has 0 radical (unpaired) electrons. The van der Waals surface area contributed by atoms with Gasteiger partial charge in [-0.05, 0) is 77.9 Å². The van der Waals surface area contributed by atoms with Gasteiger partial charge in [0.2, 0.25) is 5.91 Å². The molecule has 168 valence electrons. The third-order valence-corrected chi connectivity index (χ3v) is 6.07. The highest BCUT2D eigenvalue weighted by Crippen LogP contribution is 2.33. The third-order valence-electron chi connectivity index (χ3n) is 6.07. The number of carbonyl (C=O) groups excluding carboxylic acids is 2. The van der Waals surface area contributed by atoms with Crippen molar-refractivity contribution in [3.05, 3.63) is 41.6 Å². The van der Waals surface area contributed by atoms with Crippen LogP contribution in [0.3, 0.4) is 0 Å². The van der Waals surface area contributed by atoms with Gasteiger partial charge in [0, 0.05) is 18.2 Å². The third kappa shape index (κ3) is 5.35. The molecule has 1 heterocycles. The lowest BCUT2D eigenvalue weighted by molar-refractivity contribution is -0.123. The number of amides is 1. The molecule has 6 nitrogen and oxygen atoms in total. The van der Waals surface area contributed by atoms with Gasteiger partial charge in [-0.15, -0.1) is 5.10 Å². The van der Waals surface area contributed by atoms with E-state index in [1.54, 1.807) is 22.7 Å². The van der Waals surface area contributed by atoms with Crippen LogP contribution in [0.25, 0.3) is 5.70 Å². The molecule has 1 fully saturated rings. The maximum absolute atomic E-state index is 13.5. The number of allylic oxidation sites excluding steroid dienone is 6. The first-order chi connectivity index (χ1) is 14.8. The highest BCUT2D eigenvalue weighted by Gasteiger charge is 2.34. The Hall–Kier alpha value is -2.63. The van der Waals surface area contributed by atoms with E-state index in [0.717, 1.165) is 37.8 Å².